The minimum absolute atomic E-state index is 0.0682. The van der Waals surface area contributed by atoms with E-state index in [-0.39, 0.29) is 27.4 Å². The maximum absolute atomic E-state index is 11.8. The van der Waals surface area contributed by atoms with Gasteiger partial charge in [0.25, 0.3) is 0 Å². The lowest BCUT2D eigenvalue weighted by molar-refractivity contribution is -0.135. The molecule has 0 fully saturated rings. The summed E-state index contributed by atoms with van der Waals surface area (Å²) in [6, 6.07) is 2.70. The molecule has 22 heavy (non-hydrogen) atoms. The second-order valence-electron chi connectivity index (χ2n) is 5.51. The number of benzene rings is 1. The van der Waals surface area contributed by atoms with E-state index < -0.39 is 17.7 Å². The van der Waals surface area contributed by atoms with Crippen molar-refractivity contribution < 1.29 is 19.1 Å². The number of esters is 1. The van der Waals surface area contributed by atoms with Gasteiger partial charge in [-0.2, -0.15) is 0 Å². The van der Waals surface area contributed by atoms with Gasteiger partial charge in [-0.25, -0.2) is 9.59 Å². The monoisotopic (exact) mass is 367 g/mol. The molecule has 1 aromatic rings. The molecule has 0 atom stereocenters. The van der Waals surface area contributed by atoms with Crippen LogP contribution in [0.25, 0.3) is 0 Å². The van der Waals surface area contributed by atoms with Crippen molar-refractivity contribution in [2.24, 2.45) is 0 Å². The summed E-state index contributed by atoms with van der Waals surface area (Å²) in [6.45, 7) is 4.89. The zero-order chi connectivity index (χ0) is 17.1. The first-order chi connectivity index (χ1) is 9.99. The summed E-state index contributed by atoms with van der Waals surface area (Å²) >= 11 is 17.5. The molecule has 0 bridgehead atoms. The first-order valence-electron chi connectivity index (χ1n) is 6.29. The minimum atomic E-state index is -0.686. The van der Waals surface area contributed by atoms with Gasteiger partial charge in [-0.05, 0) is 26.8 Å². The van der Waals surface area contributed by atoms with Gasteiger partial charge in [0.1, 0.15) is 12.1 Å². The molecule has 0 heterocycles. The molecule has 0 aliphatic heterocycles. The number of amides is 1. The van der Waals surface area contributed by atoms with Crippen LogP contribution in [0.2, 0.25) is 15.1 Å². The number of hydrogen-bond acceptors (Lipinski definition) is 4. The number of hydrogen-bond donors (Lipinski definition) is 0. The van der Waals surface area contributed by atoms with Crippen molar-refractivity contribution >= 4 is 46.9 Å². The molecular weight excluding hydrogens is 353 g/mol. The molecule has 0 saturated carbocycles. The van der Waals surface area contributed by atoms with Gasteiger partial charge in [0, 0.05) is 13.1 Å². The SMILES string of the molecule is CN(CC(=O)Oc1cc(Cl)c(Cl)cc1Cl)C(=O)OC(C)(C)C. The van der Waals surface area contributed by atoms with Crippen LogP contribution < -0.4 is 4.74 Å². The summed E-state index contributed by atoms with van der Waals surface area (Å²) < 4.78 is 10.2. The van der Waals surface area contributed by atoms with Crippen molar-refractivity contribution in [1.29, 1.82) is 0 Å². The highest BCUT2D eigenvalue weighted by atomic mass is 35.5. The fraction of sp³-hybridized carbons (Fsp3) is 0.429. The van der Waals surface area contributed by atoms with E-state index in [0.29, 0.717) is 0 Å². The fourth-order valence-corrected chi connectivity index (χ4v) is 1.91. The van der Waals surface area contributed by atoms with E-state index >= 15 is 0 Å². The van der Waals surface area contributed by atoms with Crippen LogP contribution >= 0.6 is 34.8 Å². The van der Waals surface area contributed by atoms with Crippen LogP contribution in [0.4, 0.5) is 4.79 Å². The molecule has 0 unspecified atom stereocenters. The van der Waals surface area contributed by atoms with E-state index in [1.807, 2.05) is 0 Å². The third-order valence-corrected chi connectivity index (χ3v) is 3.29. The number of halogens is 3. The number of carbonyl (C=O) groups is 2. The number of likely N-dealkylation sites (N-methyl/N-ethyl adjacent to an activating group) is 1. The third kappa shape index (κ3) is 5.91. The molecule has 0 saturated heterocycles. The average molecular weight is 369 g/mol. The lowest BCUT2D eigenvalue weighted by Crippen LogP contribution is -2.38. The van der Waals surface area contributed by atoms with Crippen molar-refractivity contribution in [2.75, 3.05) is 13.6 Å². The highest BCUT2D eigenvalue weighted by Gasteiger charge is 2.22. The molecule has 0 radical (unpaired) electrons. The number of ether oxygens (including phenoxy) is 2. The topological polar surface area (TPSA) is 55.8 Å². The van der Waals surface area contributed by atoms with Gasteiger partial charge in [-0.1, -0.05) is 34.8 Å². The Morgan fingerprint density at radius 1 is 1.09 bits per heavy atom. The Morgan fingerprint density at radius 2 is 1.64 bits per heavy atom. The maximum Gasteiger partial charge on any atom is 0.410 e. The molecule has 0 spiro atoms. The summed E-state index contributed by atoms with van der Waals surface area (Å²) in [6.07, 6.45) is -0.635. The van der Waals surface area contributed by atoms with Gasteiger partial charge in [0.2, 0.25) is 0 Å². The van der Waals surface area contributed by atoms with E-state index in [0.717, 1.165) is 4.90 Å². The Labute approximate surface area is 144 Å². The second-order valence-corrected chi connectivity index (χ2v) is 6.73. The van der Waals surface area contributed by atoms with Crippen molar-refractivity contribution in [3.8, 4) is 5.75 Å². The van der Waals surface area contributed by atoms with Crippen LogP contribution in [0.1, 0.15) is 20.8 Å². The molecule has 0 aromatic heterocycles. The van der Waals surface area contributed by atoms with E-state index in [4.69, 9.17) is 44.3 Å². The minimum Gasteiger partial charge on any atom is -0.444 e. The number of nitrogens with zero attached hydrogens (tertiary/aromatic N) is 1. The fourth-order valence-electron chi connectivity index (χ4n) is 1.34. The Balaban J connectivity index is 2.67. The van der Waals surface area contributed by atoms with Gasteiger partial charge in [0.05, 0.1) is 15.1 Å². The number of rotatable bonds is 3. The van der Waals surface area contributed by atoms with Gasteiger partial charge in [-0.15, -0.1) is 0 Å². The molecule has 1 amide bonds. The highest BCUT2D eigenvalue weighted by Crippen LogP contribution is 2.33. The molecule has 1 aromatic carbocycles. The van der Waals surface area contributed by atoms with Gasteiger partial charge in [0.15, 0.2) is 5.75 Å². The van der Waals surface area contributed by atoms with E-state index in [1.165, 1.54) is 19.2 Å². The smallest absolute Gasteiger partial charge is 0.410 e. The Kier molecular flexibility index (Phi) is 6.35. The summed E-state index contributed by atoms with van der Waals surface area (Å²) in [5.41, 5.74) is -0.651. The van der Waals surface area contributed by atoms with Crippen LogP contribution in [0, 0.1) is 0 Å². The average Bonchev–Trinajstić information content (AvgIpc) is 2.33. The number of carbonyl (C=O) groups excluding carboxylic acids is 2. The van der Waals surface area contributed by atoms with Crippen molar-refractivity contribution in [3.05, 3.63) is 27.2 Å². The summed E-state index contributed by atoms with van der Waals surface area (Å²) in [5.74, 6) is -0.618. The molecule has 1 rings (SSSR count). The van der Waals surface area contributed by atoms with E-state index in [2.05, 4.69) is 0 Å². The molecule has 0 aliphatic rings. The quantitative estimate of drug-likeness (QED) is 0.450. The van der Waals surface area contributed by atoms with E-state index in [1.54, 1.807) is 20.8 Å². The van der Waals surface area contributed by atoms with Crippen molar-refractivity contribution in [2.45, 2.75) is 26.4 Å². The van der Waals surface area contributed by atoms with Gasteiger partial charge < -0.3 is 14.4 Å². The zero-order valence-corrected chi connectivity index (χ0v) is 14.8. The van der Waals surface area contributed by atoms with Crippen LogP contribution in [0.15, 0.2) is 12.1 Å². The first kappa shape index (κ1) is 18.9. The normalized spacial score (nSPS) is 11.0. The Bertz CT molecular complexity index is 584. The predicted octanol–water partition coefficient (Wildman–Crippen LogP) is 4.42. The zero-order valence-electron chi connectivity index (χ0n) is 12.6. The van der Waals surface area contributed by atoms with Crippen LogP contribution in [0.5, 0.6) is 5.75 Å². The molecule has 5 nitrogen and oxygen atoms in total. The standard InChI is InChI=1S/C14H16Cl3NO4/c1-14(2,3)22-13(20)18(4)7-12(19)21-11-6-9(16)8(15)5-10(11)17/h5-6H,7H2,1-4H3. The van der Waals surface area contributed by atoms with E-state index in [9.17, 15) is 9.59 Å². The van der Waals surface area contributed by atoms with Gasteiger partial charge in [-0.3, -0.25) is 0 Å². The summed E-state index contributed by atoms with van der Waals surface area (Å²) in [7, 11) is 1.42. The largest absolute Gasteiger partial charge is 0.444 e. The molecular formula is C14H16Cl3NO4. The third-order valence-electron chi connectivity index (χ3n) is 2.27. The van der Waals surface area contributed by atoms with Crippen LogP contribution in [-0.4, -0.2) is 36.2 Å². The van der Waals surface area contributed by atoms with Crippen LogP contribution in [0.3, 0.4) is 0 Å². The predicted molar refractivity (Wildman–Crippen MR) is 86.0 cm³/mol. The first-order valence-corrected chi connectivity index (χ1v) is 7.42. The second kappa shape index (κ2) is 7.40. The van der Waals surface area contributed by atoms with Crippen molar-refractivity contribution in [3.63, 3.8) is 0 Å². The van der Waals surface area contributed by atoms with Crippen molar-refractivity contribution in [1.82, 2.24) is 4.90 Å². The lowest BCUT2D eigenvalue weighted by Gasteiger charge is -2.24. The summed E-state index contributed by atoms with van der Waals surface area (Å²) in [5, 5.41) is 0.592. The molecule has 0 aliphatic carbocycles. The maximum atomic E-state index is 11.8. The lowest BCUT2D eigenvalue weighted by atomic mass is 10.2. The van der Waals surface area contributed by atoms with Gasteiger partial charge >= 0.3 is 12.1 Å². The molecule has 8 heteroatoms. The Hall–Kier alpha value is -1.17. The molecule has 0 N–H and O–H groups in total. The molecule has 122 valence electrons. The summed E-state index contributed by atoms with van der Waals surface area (Å²) in [4.78, 5) is 24.7. The highest BCUT2D eigenvalue weighted by molar-refractivity contribution is 6.43. The Morgan fingerprint density at radius 3 is 2.18 bits per heavy atom. The van der Waals surface area contributed by atoms with Crippen LogP contribution in [-0.2, 0) is 9.53 Å².